The van der Waals surface area contributed by atoms with E-state index in [1.54, 1.807) is 12.1 Å². The highest BCUT2D eigenvalue weighted by atomic mass is 35.5. The van der Waals surface area contributed by atoms with Gasteiger partial charge in [-0.1, -0.05) is 11.6 Å². The second kappa shape index (κ2) is 5.02. The lowest BCUT2D eigenvalue weighted by Gasteiger charge is -2.29. The quantitative estimate of drug-likeness (QED) is 0.777. The summed E-state index contributed by atoms with van der Waals surface area (Å²) in [7, 11) is 0. The molecule has 3 rings (SSSR count). The molecule has 2 unspecified atom stereocenters. The summed E-state index contributed by atoms with van der Waals surface area (Å²) in [6.45, 7) is 0. The zero-order valence-electron chi connectivity index (χ0n) is 10.5. The van der Waals surface area contributed by atoms with Gasteiger partial charge in [-0.05, 0) is 43.9 Å². The van der Waals surface area contributed by atoms with Crippen LogP contribution in [0.4, 0.5) is 0 Å². The number of benzene rings is 1. The maximum absolute atomic E-state index is 12.1. The van der Waals surface area contributed by atoms with Gasteiger partial charge >= 0.3 is 0 Å². The Hall–Kier alpha value is -1.26. The smallest absolute Gasteiger partial charge is 0.255 e. The lowest BCUT2D eigenvalue weighted by atomic mass is 9.99. The molecule has 0 aliphatic carbocycles. The molecular formula is C14H17ClN2O2. The molecule has 0 spiro atoms. The van der Waals surface area contributed by atoms with Gasteiger partial charge in [0, 0.05) is 23.1 Å². The van der Waals surface area contributed by atoms with Crippen molar-refractivity contribution in [2.24, 2.45) is 0 Å². The van der Waals surface area contributed by atoms with Gasteiger partial charge in [0.05, 0.1) is 5.56 Å². The Morgan fingerprint density at radius 1 is 1.32 bits per heavy atom. The molecule has 1 aromatic rings. The van der Waals surface area contributed by atoms with E-state index in [2.05, 4.69) is 10.6 Å². The molecule has 3 N–H and O–H groups in total. The molecule has 0 aromatic heterocycles. The summed E-state index contributed by atoms with van der Waals surface area (Å²) in [4.78, 5) is 12.1. The number of fused-ring (bicyclic) bond motifs is 2. The Morgan fingerprint density at radius 3 is 2.63 bits per heavy atom. The molecule has 2 fully saturated rings. The molecule has 2 aliphatic heterocycles. The zero-order chi connectivity index (χ0) is 13.4. The van der Waals surface area contributed by atoms with E-state index in [1.807, 2.05) is 0 Å². The van der Waals surface area contributed by atoms with E-state index in [0.717, 1.165) is 12.8 Å². The molecule has 2 aliphatic rings. The summed E-state index contributed by atoms with van der Waals surface area (Å²) in [5.41, 5.74) is 0.287. The number of phenols is 1. The van der Waals surface area contributed by atoms with Crippen molar-refractivity contribution in [1.29, 1.82) is 0 Å². The Labute approximate surface area is 117 Å². The lowest BCUT2D eigenvalue weighted by molar-refractivity contribution is 0.0921. The second-order valence-electron chi connectivity index (χ2n) is 5.44. The predicted octanol–water partition coefficient (Wildman–Crippen LogP) is 2.06. The third-order valence-electron chi connectivity index (χ3n) is 4.01. The minimum Gasteiger partial charge on any atom is -0.507 e. The third-order valence-corrected chi connectivity index (χ3v) is 4.25. The van der Waals surface area contributed by atoms with E-state index in [4.69, 9.17) is 11.6 Å². The van der Waals surface area contributed by atoms with Gasteiger partial charge in [-0.3, -0.25) is 4.79 Å². The molecule has 2 heterocycles. The van der Waals surface area contributed by atoms with Crippen molar-refractivity contribution < 1.29 is 9.90 Å². The summed E-state index contributed by atoms with van der Waals surface area (Å²) >= 11 is 5.76. The molecule has 19 heavy (non-hydrogen) atoms. The van der Waals surface area contributed by atoms with Gasteiger partial charge in [-0.2, -0.15) is 0 Å². The van der Waals surface area contributed by atoms with Crippen LogP contribution in [0.2, 0.25) is 5.02 Å². The number of hydrogen-bond acceptors (Lipinski definition) is 3. The lowest BCUT2D eigenvalue weighted by Crippen LogP contribution is -2.48. The topological polar surface area (TPSA) is 61.4 Å². The van der Waals surface area contributed by atoms with Crippen LogP contribution in [-0.2, 0) is 0 Å². The van der Waals surface area contributed by atoms with E-state index >= 15 is 0 Å². The number of carbonyl (C=O) groups is 1. The summed E-state index contributed by atoms with van der Waals surface area (Å²) in [6.07, 6.45) is 4.33. The largest absolute Gasteiger partial charge is 0.507 e. The molecule has 1 aromatic carbocycles. The van der Waals surface area contributed by atoms with Crippen LogP contribution in [0, 0.1) is 0 Å². The van der Waals surface area contributed by atoms with Crippen LogP contribution in [0.15, 0.2) is 18.2 Å². The monoisotopic (exact) mass is 280 g/mol. The standard InChI is InChI=1S/C14H17ClN2O2/c15-8-1-4-12(13(18)5-8)14(19)17-11-6-9-2-3-10(7-11)16-9/h1,4-5,9-11,16,18H,2-3,6-7H2,(H,17,19). The van der Waals surface area contributed by atoms with Crippen LogP contribution in [0.1, 0.15) is 36.0 Å². The van der Waals surface area contributed by atoms with Crippen LogP contribution in [0.25, 0.3) is 0 Å². The molecular weight excluding hydrogens is 264 g/mol. The van der Waals surface area contributed by atoms with Crippen LogP contribution in [0.5, 0.6) is 5.75 Å². The number of halogens is 1. The highest BCUT2D eigenvalue weighted by molar-refractivity contribution is 6.30. The van der Waals surface area contributed by atoms with Crippen LogP contribution in [-0.4, -0.2) is 29.1 Å². The van der Waals surface area contributed by atoms with E-state index < -0.39 is 0 Å². The molecule has 0 saturated carbocycles. The van der Waals surface area contributed by atoms with E-state index in [0.29, 0.717) is 17.1 Å². The highest BCUT2D eigenvalue weighted by Gasteiger charge is 2.34. The van der Waals surface area contributed by atoms with Gasteiger partial charge in [-0.15, -0.1) is 0 Å². The van der Waals surface area contributed by atoms with Crippen LogP contribution in [0.3, 0.4) is 0 Å². The maximum Gasteiger partial charge on any atom is 0.255 e. The van der Waals surface area contributed by atoms with Gasteiger partial charge in [-0.25, -0.2) is 0 Å². The van der Waals surface area contributed by atoms with Crippen molar-refractivity contribution in [2.45, 2.75) is 43.8 Å². The summed E-state index contributed by atoms with van der Waals surface area (Å²) < 4.78 is 0. The number of carbonyl (C=O) groups excluding carboxylic acids is 1. The number of piperidine rings is 1. The zero-order valence-corrected chi connectivity index (χ0v) is 11.3. The third kappa shape index (κ3) is 2.69. The number of nitrogens with one attached hydrogen (secondary N) is 2. The first-order valence-electron chi connectivity index (χ1n) is 6.67. The summed E-state index contributed by atoms with van der Waals surface area (Å²) in [5.74, 6) is -0.289. The van der Waals surface area contributed by atoms with Crippen molar-refractivity contribution in [3.63, 3.8) is 0 Å². The van der Waals surface area contributed by atoms with Gasteiger partial charge in [0.2, 0.25) is 0 Å². The molecule has 1 amide bonds. The average Bonchev–Trinajstić information content (AvgIpc) is 2.68. The Bertz CT molecular complexity index is 494. The van der Waals surface area contributed by atoms with Crippen molar-refractivity contribution >= 4 is 17.5 Å². The number of amides is 1. The fraction of sp³-hybridized carbons (Fsp3) is 0.500. The Kier molecular flexibility index (Phi) is 3.37. The van der Waals surface area contributed by atoms with Crippen LogP contribution >= 0.6 is 11.6 Å². The maximum atomic E-state index is 12.1. The molecule has 2 atom stereocenters. The highest BCUT2D eigenvalue weighted by Crippen LogP contribution is 2.27. The van der Waals surface area contributed by atoms with Gasteiger partial charge in [0.25, 0.3) is 5.91 Å². The first-order chi connectivity index (χ1) is 9.11. The average molecular weight is 281 g/mol. The molecule has 2 bridgehead atoms. The Morgan fingerprint density at radius 2 is 2.00 bits per heavy atom. The van der Waals surface area contributed by atoms with E-state index in [1.165, 1.54) is 18.9 Å². The molecule has 5 heteroatoms. The van der Waals surface area contributed by atoms with Crippen molar-refractivity contribution in [3.8, 4) is 5.75 Å². The summed E-state index contributed by atoms with van der Waals surface area (Å²) in [6, 6.07) is 5.82. The van der Waals surface area contributed by atoms with E-state index in [-0.39, 0.29) is 23.3 Å². The van der Waals surface area contributed by atoms with Gasteiger partial charge in [0.15, 0.2) is 0 Å². The molecule has 2 saturated heterocycles. The minimum atomic E-state index is -0.222. The minimum absolute atomic E-state index is 0.0677. The number of rotatable bonds is 2. The summed E-state index contributed by atoms with van der Waals surface area (Å²) in [5, 5.41) is 16.7. The van der Waals surface area contributed by atoms with Gasteiger partial charge in [0.1, 0.15) is 5.75 Å². The number of aromatic hydroxyl groups is 1. The van der Waals surface area contributed by atoms with Crippen molar-refractivity contribution in [3.05, 3.63) is 28.8 Å². The SMILES string of the molecule is O=C(NC1CC2CCC(C1)N2)c1ccc(Cl)cc1O. The first kappa shape index (κ1) is 12.8. The van der Waals surface area contributed by atoms with Crippen molar-refractivity contribution in [2.75, 3.05) is 0 Å². The number of hydrogen-bond donors (Lipinski definition) is 3. The predicted molar refractivity (Wildman–Crippen MR) is 73.6 cm³/mol. The molecule has 102 valence electrons. The van der Waals surface area contributed by atoms with E-state index in [9.17, 15) is 9.90 Å². The second-order valence-corrected chi connectivity index (χ2v) is 5.88. The molecule has 4 nitrogen and oxygen atoms in total. The molecule has 0 radical (unpaired) electrons. The fourth-order valence-electron chi connectivity index (χ4n) is 3.14. The number of phenolic OH excluding ortho intramolecular Hbond substituents is 1. The normalized spacial score (nSPS) is 29.2. The van der Waals surface area contributed by atoms with Crippen molar-refractivity contribution in [1.82, 2.24) is 10.6 Å². The van der Waals surface area contributed by atoms with Crippen LogP contribution < -0.4 is 10.6 Å². The fourth-order valence-corrected chi connectivity index (χ4v) is 3.30. The van der Waals surface area contributed by atoms with Gasteiger partial charge < -0.3 is 15.7 Å². The Balaban J connectivity index is 1.68. The first-order valence-corrected chi connectivity index (χ1v) is 7.05.